The number of anilines is 1. The first kappa shape index (κ1) is 19.7. The zero-order valence-electron chi connectivity index (χ0n) is 11.4. The summed E-state index contributed by atoms with van der Waals surface area (Å²) in [6, 6.07) is 5.82. The Morgan fingerprint density at radius 3 is 2.52 bits per heavy atom. The number of hydrogen-bond donors (Lipinski definition) is 2. The third-order valence-corrected chi connectivity index (χ3v) is 2.69. The molecule has 120 valence electrons. The summed E-state index contributed by atoms with van der Waals surface area (Å²) in [7, 11) is 1.42. The second-order valence-electron chi connectivity index (χ2n) is 4.29. The van der Waals surface area contributed by atoms with E-state index < -0.39 is 24.6 Å². The number of carbonyl (C=O) groups excluding carboxylic acids is 1. The van der Waals surface area contributed by atoms with Crippen molar-refractivity contribution in [1.29, 1.82) is 0 Å². The molecule has 1 aromatic carbocycles. The molecule has 21 heavy (non-hydrogen) atoms. The Labute approximate surface area is 127 Å². The Morgan fingerprint density at radius 2 is 2.00 bits per heavy atom. The lowest BCUT2D eigenvalue weighted by Crippen LogP contribution is -2.28. The molecule has 1 atom stereocenters. The van der Waals surface area contributed by atoms with Crippen molar-refractivity contribution >= 4 is 24.0 Å². The van der Waals surface area contributed by atoms with Crippen molar-refractivity contribution in [3.8, 4) is 0 Å². The Morgan fingerprint density at radius 1 is 1.38 bits per heavy atom. The fourth-order valence-corrected chi connectivity index (χ4v) is 1.68. The molecule has 0 aromatic heterocycles. The number of alkyl halides is 3. The Hall–Kier alpha value is -1.31. The summed E-state index contributed by atoms with van der Waals surface area (Å²) in [5.74, 6) is -0.433. The molecule has 8 heteroatoms. The normalized spacial score (nSPS) is 12.4. The average molecular weight is 327 g/mol. The molecule has 1 unspecified atom stereocenters. The monoisotopic (exact) mass is 326 g/mol. The first-order valence-electron chi connectivity index (χ1n) is 6.03. The molecule has 0 aliphatic heterocycles. The number of para-hydroxylation sites is 1. The highest BCUT2D eigenvalue weighted by atomic mass is 35.5. The Kier molecular flexibility index (Phi) is 8.31. The molecular weight excluding hydrogens is 309 g/mol. The molecule has 0 radical (unpaired) electrons. The van der Waals surface area contributed by atoms with Gasteiger partial charge in [-0.25, -0.2) is 0 Å². The molecular formula is C13H18ClF3N2O2. The average Bonchev–Trinajstić information content (AvgIpc) is 2.36. The number of ether oxygens (including phenoxy) is 1. The van der Waals surface area contributed by atoms with Crippen molar-refractivity contribution in [2.45, 2.75) is 25.1 Å². The molecule has 1 rings (SSSR count). The zero-order chi connectivity index (χ0) is 15.2. The van der Waals surface area contributed by atoms with Crippen LogP contribution in [0.5, 0.6) is 0 Å². The minimum Gasteiger partial charge on any atom is -0.380 e. The summed E-state index contributed by atoms with van der Waals surface area (Å²) in [5, 5.41) is 2.46. The van der Waals surface area contributed by atoms with Gasteiger partial charge in [-0.05, 0) is 11.6 Å². The second-order valence-corrected chi connectivity index (χ2v) is 4.29. The summed E-state index contributed by atoms with van der Waals surface area (Å²) < 4.78 is 42.2. The molecule has 4 nitrogen and oxygen atoms in total. The van der Waals surface area contributed by atoms with Crippen molar-refractivity contribution in [2.75, 3.05) is 19.0 Å². The van der Waals surface area contributed by atoms with E-state index in [0.717, 1.165) is 0 Å². The quantitative estimate of drug-likeness (QED) is 0.844. The predicted octanol–water partition coefficient (Wildman–Crippen LogP) is 2.52. The van der Waals surface area contributed by atoms with Gasteiger partial charge in [0.25, 0.3) is 0 Å². The van der Waals surface area contributed by atoms with Gasteiger partial charge in [-0.1, -0.05) is 18.2 Å². The number of hydrogen-bond acceptors (Lipinski definition) is 3. The van der Waals surface area contributed by atoms with Crippen LogP contribution < -0.4 is 11.1 Å². The van der Waals surface area contributed by atoms with Crippen molar-refractivity contribution < 1.29 is 22.7 Å². The van der Waals surface area contributed by atoms with Gasteiger partial charge in [-0.2, -0.15) is 13.2 Å². The van der Waals surface area contributed by atoms with Gasteiger partial charge in [0, 0.05) is 19.3 Å². The van der Waals surface area contributed by atoms with E-state index in [1.54, 1.807) is 6.07 Å². The molecule has 0 fully saturated rings. The molecule has 0 aliphatic rings. The summed E-state index contributed by atoms with van der Waals surface area (Å²) >= 11 is 0. The fraction of sp³-hybridized carbons (Fsp3) is 0.462. The van der Waals surface area contributed by atoms with E-state index in [4.69, 9.17) is 10.5 Å². The lowest BCUT2D eigenvalue weighted by Gasteiger charge is -2.15. The SMILES string of the molecule is COC(CN)CC(=O)Nc1ccccc1CC(F)(F)F.Cl. The van der Waals surface area contributed by atoms with Gasteiger partial charge < -0.3 is 15.8 Å². The summed E-state index contributed by atoms with van der Waals surface area (Å²) in [4.78, 5) is 11.7. The maximum absolute atomic E-state index is 12.4. The van der Waals surface area contributed by atoms with Gasteiger partial charge in [0.2, 0.25) is 5.91 Å². The van der Waals surface area contributed by atoms with Crippen molar-refractivity contribution in [2.24, 2.45) is 5.73 Å². The number of halogens is 4. The van der Waals surface area contributed by atoms with E-state index in [-0.39, 0.29) is 36.6 Å². The predicted molar refractivity (Wildman–Crippen MR) is 76.5 cm³/mol. The van der Waals surface area contributed by atoms with E-state index in [1.807, 2.05) is 0 Å². The molecule has 0 saturated heterocycles. The van der Waals surface area contributed by atoms with Crippen LogP contribution in [0.2, 0.25) is 0 Å². The minimum atomic E-state index is -4.33. The number of amides is 1. The zero-order valence-corrected chi connectivity index (χ0v) is 12.3. The van der Waals surface area contributed by atoms with Gasteiger partial charge in [0.05, 0.1) is 18.9 Å². The molecule has 0 bridgehead atoms. The molecule has 0 saturated carbocycles. The van der Waals surface area contributed by atoms with Crippen LogP contribution in [0, 0.1) is 0 Å². The van der Waals surface area contributed by atoms with Crippen LogP contribution in [0.1, 0.15) is 12.0 Å². The molecule has 3 N–H and O–H groups in total. The van der Waals surface area contributed by atoms with Crippen LogP contribution in [-0.4, -0.2) is 31.8 Å². The standard InChI is InChI=1S/C13H17F3N2O2.ClH/c1-20-10(8-17)6-12(19)18-11-5-3-2-4-9(11)7-13(14,15)16;/h2-5,10H,6-8,17H2,1H3,(H,18,19);1H. The number of rotatable bonds is 6. The highest BCUT2D eigenvalue weighted by molar-refractivity contribution is 5.91. The highest BCUT2D eigenvalue weighted by Crippen LogP contribution is 2.26. The smallest absolute Gasteiger partial charge is 0.380 e. The van der Waals surface area contributed by atoms with Gasteiger partial charge in [-0.15, -0.1) is 12.4 Å². The third-order valence-electron chi connectivity index (χ3n) is 2.69. The largest absolute Gasteiger partial charge is 0.393 e. The number of nitrogens with one attached hydrogen (secondary N) is 1. The van der Waals surface area contributed by atoms with Crippen LogP contribution in [0.15, 0.2) is 24.3 Å². The van der Waals surface area contributed by atoms with E-state index in [0.29, 0.717) is 0 Å². The first-order valence-corrected chi connectivity index (χ1v) is 6.03. The summed E-state index contributed by atoms with van der Waals surface area (Å²) in [6.07, 6.45) is -5.88. The third kappa shape index (κ3) is 7.31. The molecule has 1 aromatic rings. The maximum atomic E-state index is 12.4. The lowest BCUT2D eigenvalue weighted by atomic mass is 10.1. The van der Waals surface area contributed by atoms with Gasteiger partial charge >= 0.3 is 6.18 Å². The maximum Gasteiger partial charge on any atom is 0.393 e. The number of nitrogens with two attached hydrogens (primary N) is 1. The molecule has 0 aliphatic carbocycles. The number of methoxy groups -OCH3 is 1. The van der Waals surface area contributed by atoms with Crippen LogP contribution >= 0.6 is 12.4 Å². The molecule has 1 amide bonds. The van der Waals surface area contributed by atoms with Crippen molar-refractivity contribution in [1.82, 2.24) is 0 Å². The lowest BCUT2D eigenvalue weighted by molar-refractivity contribution is -0.127. The second kappa shape index (κ2) is 8.86. The molecule has 0 heterocycles. The van der Waals surface area contributed by atoms with Crippen molar-refractivity contribution in [3.05, 3.63) is 29.8 Å². The summed E-state index contributed by atoms with van der Waals surface area (Å²) in [5.41, 5.74) is 5.56. The first-order chi connectivity index (χ1) is 9.35. The summed E-state index contributed by atoms with van der Waals surface area (Å²) in [6.45, 7) is 0.161. The van der Waals surface area contributed by atoms with Gasteiger partial charge in [0.15, 0.2) is 0 Å². The van der Waals surface area contributed by atoms with Crippen molar-refractivity contribution in [3.63, 3.8) is 0 Å². The Bertz CT molecular complexity index is 451. The number of benzene rings is 1. The van der Waals surface area contributed by atoms with E-state index in [9.17, 15) is 18.0 Å². The van der Waals surface area contributed by atoms with Crippen LogP contribution in [-0.2, 0) is 16.0 Å². The Balaban J connectivity index is 0.00000400. The van der Waals surface area contributed by atoms with E-state index >= 15 is 0 Å². The van der Waals surface area contributed by atoms with E-state index in [2.05, 4.69) is 5.32 Å². The van der Waals surface area contributed by atoms with Crippen LogP contribution in [0.25, 0.3) is 0 Å². The fourth-order valence-electron chi connectivity index (χ4n) is 1.68. The topological polar surface area (TPSA) is 64.3 Å². The van der Waals surface area contributed by atoms with Gasteiger partial charge in [0.1, 0.15) is 0 Å². The van der Waals surface area contributed by atoms with Crippen LogP contribution in [0.4, 0.5) is 18.9 Å². The van der Waals surface area contributed by atoms with E-state index in [1.165, 1.54) is 25.3 Å². The number of carbonyl (C=O) groups is 1. The highest BCUT2D eigenvalue weighted by Gasteiger charge is 2.29. The minimum absolute atomic E-state index is 0. The van der Waals surface area contributed by atoms with Crippen LogP contribution in [0.3, 0.4) is 0 Å². The molecule has 0 spiro atoms. The van der Waals surface area contributed by atoms with Gasteiger partial charge in [-0.3, -0.25) is 4.79 Å².